The van der Waals surface area contributed by atoms with Crippen LogP contribution in [-0.2, 0) is 10.0 Å². The summed E-state index contributed by atoms with van der Waals surface area (Å²) in [6.45, 7) is 1.75. The van der Waals surface area contributed by atoms with E-state index in [1.54, 1.807) is 6.92 Å². The third-order valence-electron chi connectivity index (χ3n) is 2.37. The summed E-state index contributed by atoms with van der Waals surface area (Å²) in [6, 6.07) is 3.21. The molecule has 1 aromatic heterocycles. The number of phenols is 1. The standard InChI is InChI=1S/C11H8BrClFNO3S2/c1-5-2-9(19-11(5)12)20(17,18)15-8-4-6(14)3-7(13)10(8)16/h2-4,15-16H,1H3. The van der Waals surface area contributed by atoms with Gasteiger partial charge in [0, 0.05) is 6.07 Å². The van der Waals surface area contributed by atoms with E-state index in [9.17, 15) is 17.9 Å². The molecule has 0 saturated carbocycles. The molecule has 0 aliphatic heterocycles. The lowest BCUT2D eigenvalue weighted by Crippen LogP contribution is -2.11. The van der Waals surface area contributed by atoms with Crippen molar-refractivity contribution in [2.24, 2.45) is 0 Å². The van der Waals surface area contributed by atoms with Gasteiger partial charge in [0.1, 0.15) is 10.0 Å². The van der Waals surface area contributed by atoms with Crippen molar-refractivity contribution >= 4 is 54.6 Å². The highest BCUT2D eigenvalue weighted by atomic mass is 79.9. The van der Waals surface area contributed by atoms with Gasteiger partial charge in [-0.05, 0) is 40.5 Å². The Morgan fingerprint density at radius 3 is 2.60 bits per heavy atom. The van der Waals surface area contributed by atoms with Gasteiger partial charge in [0.25, 0.3) is 10.0 Å². The molecular weight excluding hydrogens is 393 g/mol. The third-order valence-corrected chi connectivity index (χ3v) is 6.64. The first-order valence-corrected chi connectivity index (χ1v) is 8.64. The molecule has 0 fully saturated rings. The van der Waals surface area contributed by atoms with Crippen LogP contribution in [0.3, 0.4) is 0 Å². The number of halogens is 3. The highest BCUT2D eigenvalue weighted by Crippen LogP contribution is 2.36. The van der Waals surface area contributed by atoms with E-state index in [0.29, 0.717) is 3.79 Å². The molecule has 9 heteroatoms. The molecule has 108 valence electrons. The normalized spacial score (nSPS) is 11.6. The fourth-order valence-electron chi connectivity index (χ4n) is 1.40. The van der Waals surface area contributed by atoms with Crippen LogP contribution in [0.15, 0.2) is 26.2 Å². The Kier molecular flexibility index (Phi) is 4.29. The minimum absolute atomic E-state index is 0.0432. The molecule has 0 spiro atoms. The summed E-state index contributed by atoms with van der Waals surface area (Å²) < 4.78 is 40.3. The van der Waals surface area contributed by atoms with Gasteiger partial charge in [-0.25, -0.2) is 12.8 Å². The van der Waals surface area contributed by atoms with Gasteiger partial charge in [-0.15, -0.1) is 11.3 Å². The van der Waals surface area contributed by atoms with Crippen molar-refractivity contribution in [3.05, 3.63) is 38.4 Å². The molecule has 2 rings (SSSR count). The highest BCUT2D eigenvalue weighted by molar-refractivity contribution is 9.11. The van der Waals surface area contributed by atoms with E-state index in [1.807, 2.05) is 0 Å². The number of hydrogen-bond acceptors (Lipinski definition) is 4. The number of nitrogens with one attached hydrogen (secondary N) is 1. The average Bonchev–Trinajstić information content (AvgIpc) is 2.66. The molecule has 0 saturated heterocycles. The molecular formula is C11H8BrClFNO3S2. The number of anilines is 1. The molecule has 0 unspecified atom stereocenters. The lowest BCUT2D eigenvalue weighted by atomic mass is 10.3. The lowest BCUT2D eigenvalue weighted by molar-refractivity contribution is 0.476. The highest BCUT2D eigenvalue weighted by Gasteiger charge is 2.21. The summed E-state index contributed by atoms with van der Waals surface area (Å²) in [5.74, 6) is -1.28. The van der Waals surface area contributed by atoms with Gasteiger partial charge in [0.05, 0.1) is 14.5 Å². The van der Waals surface area contributed by atoms with Gasteiger partial charge in [-0.2, -0.15) is 0 Å². The van der Waals surface area contributed by atoms with E-state index in [4.69, 9.17) is 11.6 Å². The molecule has 1 aromatic carbocycles. The largest absolute Gasteiger partial charge is 0.504 e. The maximum atomic E-state index is 13.2. The summed E-state index contributed by atoms with van der Waals surface area (Å²) in [5, 5.41) is 9.39. The molecule has 20 heavy (non-hydrogen) atoms. The Bertz CT molecular complexity index is 757. The maximum absolute atomic E-state index is 13.2. The molecule has 1 heterocycles. The number of aryl methyl sites for hydroxylation is 1. The Labute approximate surface area is 132 Å². The summed E-state index contributed by atoms with van der Waals surface area (Å²) >= 11 is 9.83. The minimum Gasteiger partial charge on any atom is -0.504 e. The van der Waals surface area contributed by atoms with Crippen LogP contribution >= 0.6 is 38.9 Å². The number of rotatable bonds is 3. The molecule has 0 aliphatic rings. The Morgan fingerprint density at radius 2 is 2.05 bits per heavy atom. The number of phenolic OH excluding ortho intramolecular Hbond substituents is 1. The number of thiophene rings is 1. The predicted octanol–water partition coefficient (Wildman–Crippen LogP) is 4.12. The summed E-state index contributed by atoms with van der Waals surface area (Å²) in [7, 11) is -3.92. The first-order chi connectivity index (χ1) is 9.20. The topological polar surface area (TPSA) is 66.4 Å². The fraction of sp³-hybridized carbons (Fsp3) is 0.0909. The maximum Gasteiger partial charge on any atom is 0.271 e. The zero-order chi connectivity index (χ0) is 15.1. The zero-order valence-electron chi connectivity index (χ0n) is 9.95. The Hall–Kier alpha value is -0.830. The van der Waals surface area contributed by atoms with E-state index in [0.717, 1.165) is 29.0 Å². The van der Waals surface area contributed by atoms with Crippen LogP contribution in [0.4, 0.5) is 10.1 Å². The van der Waals surface area contributed by atoms with Gasteiger partial charge >= 0.3 is 0 Å². The van der Waals surface area contributed by atoms with Crippen molar-refractivity contribution < 1.29 is 17.9 Å². The lowest BCUT2D eigenvalue weighted by Gasteiger charge is -2.09. The van der Waals surface area contributed by atoms with E-state index >= 15 is 0 Å². The monoisotopic (exact) mass is 399 g/mol. The van der Waals surface area contributed by atoms with Gasteiger partial charge in [0.15, 0.2) is 5.75 Å². The van der Waals surface area contributed by atoms with E-state index in [-0.39, 0.29) is 14.9 Å². The average molecular weight is 401 g/mol. The van der Waals surface area contributed by atoms with Crippen molar-refractivity contribution in [3.8, 4) is 5.75 Å². The minimum atomic E-state index is -3.92. The Morgan fingerprint density at radius 1 is 1.40 bits per heavy atom. The van der Waals surface area contributed by atoms with Crippen molar-refractivity contribution in [3.63, 3.8) is 0 Å². The molecule has 0 radical (unpaired) electrons. The SMILES string of the molecule is Cc1cc(S(=O)(=O)Nc2cc(F)cc(Cl)c2O)sc1Br. The van der Waals surface area contributed by atoms with E-state index in [1.165, 1.54) is 6.07 Å². The molecule has 2 aromatic rings. The summed E-state index contributed by atoms with van der Waals surface area (Å²) in [5.41, 5.74) is 0.453. The smallest absolute Gasteiger partial charge is 0.271 e. The second kappa shape index (κ2) is 5.51. The van der Waals surface area contributed by atoms with Gasteiger partial charge in [-0.3, -0.25) is 4.72 Å². The number of hydrogen-bond donors (Lipinski definition) is 2. The number of aromatic hydroxyl groups is 1. The molecule has 2 N–H and O–H groups in total. The van der Waals surface area contributed by atoms with Crippen LogP contribution in [0, 0.1) is 12.7 Å². The van der Waals surface area contributed by atoms with Crippen molar-refractivity contribution in [2.45, 2.75) is 11.1 Å². The number of sulfonamides is 1. The van der Waals surface area contributed by atoms with E-state index in [2.05, 4.69) is 20.7 Å². The second-order valence-corrected chi connectivity index (χ2v) is 8.60. The fourth-order valence-corrected chi connectivity index (χ4v) is 4.89. The van der Waals surface area contributed by atoms with Crippen LogP contribution < -0.4 is 4.72 Å². The number of benzene rings is 1. The van der Waals surface area contributed by atoms with Crippen molar-refractivity contribution in [1.82, 2.24) is 0 Å². The van der Waals surface area contributed by atoms with Gasteiger partial charge in [0.2, 0.25) is 0 Å². The van der Waals surface area contributed by atoms with Gasteiger partial charge < -0.3 is 5.11 Å². The summed E-state index contributed by atoms with van der Waals surface area (Å²) in [4.78, 5) is 0. The van der Waals surface area contributed by atoms with Crippen LogP contribution in [-0.4, -0.2) is 13.5 Å². The molecule has 0 aliphatic carbocycles. The molecule has 0 amide bonds. The third kappa shape index (κ3) is 3.08. The first kappa shape index (κ1) is 15.6. The van der Waals surface area contributed by atoms with Crippen LogP contribution in [0.25, 0.3) is 0 Å². The molecule has 0 bridgehead atoms. The van der Waals surface area contributed by atoms with Gasteiger partial charge in [-0.1, -0.05) is 11.6 Å². The quantitative estimate of drug-likeness (QED) is 0.762. The zero-order valence-corrected chi connectivity index (χ0v) is 13.9. The van der Waals surface area contributed by atoms with Crippen LogP contribution in [0.2, 0.25) is 5.02 Å². The van der Waals surface area contributed by atoms with Crippen molar-refractivity contribution in [1.29, 1.82) is 0 Å². The van der Waals surface area contributed by atoms with E-state index < -0.39 is 21.6 Å². The molecule has 4 nitrogen and oxygen atoms in total. The van der Waals surface area contributed by atoms with Crippen LogP contribution in [0.1, 0.15) is 5.56 Å². The summed E-state index contributed by atoms with van der Waals surface area (Å²) in [6.07, 6.45) is 0. The second-order valence-electron chi connectivity index (χ2n) is 3.91. The first-order valence-electron chi connectivity index (χ1n) is 5.17. The van der Waals surface area contributed by atoms with Crippen molar-refractivity contribution in [2.75, 3.05) is 4.72 Å². The molecule has 0 atom stereocenters. The Balaban J connectivity index is 2.43. The predicted molar refractivity (Wildman–Crippen MR) is 80.6 cm³/mol. The van der Waals surface area contributed by atoms with Crippen LogP contribution in [0.5, 0.6) is 5.75 Å².